The summed E-state index contributed by atoms with van der Waals surface area (Å²) in [5.41, 5.74) is 0.855. The lowest BCUT2D eigenvalue weighted by molar-refractivity contribution is -0.125. The topological polar surface area (TPSA) is 60.0 Å². The zero-order chi connectivity index (χ0) is 18.7. The van der Waals surface area contributed by atoms with Gasteiger partial charge in [0.2, 0.25) is 5.91 Å². The molecular formula is C21H30N2O4. The molecule has 3 aliphatic rings. The molecule has 0 atom stereocenters. The number of nitrogens with zero attached hydrogens (tertiary/aromatic N) is 1. The summed E-state index contributed by atoms with van der Waals surface area (Å²) in [6.45, 7) is 3.47. The summed E-state index contributed by atoms with van der Waals surface area (Å²) >= 11 is 0. The number of methoxy groups -OCH3 is 1. The third-order valence-electron chi connectivity index (χ3n) is 6.17. The first kappa shape index (κ1) is 18.6. The zero-order valence-electron chi connectivity index (χ0n) is 16.2. The third-order valence-corrected chi connectivity index (χ3v) is 6.17. The largest absolute Gasteiger partial charge is 0.486 e. The fourth-order valence-electron chi connectivity index (χ4n) is 4.62. The van der Waals surface area contributed by atoms with Gasteiger partial charge in [-0.25, -0.2) is 0 Å². The summed E-state index contributed by atoms with van der Waals surface area (Å²) in [5.74, 6) is 1.70. The van der Waals surface area contributed by atoms with E-state index in [9.17, 15) is 4.79 Å². The van der Waals surface area contributed by atoms with E-state index in [0.29, 0.717) is 25.9 Å². The smallest absolute Gasteiger partial charge is 0.234 e. The molecule has 1 saturated heterocycles. The highest BCUT2D eigenvalue weighted by Crippen LogP contribution is 2.42. The number of amides is 1. The van der Waals surface area contributed by atoms with Gasteiger partial charge in [-0.2, -0.15) is 0 Å². The average molecular weight is 374 g/mol. The molecule has 2 fully saturated rings. The highest BCUT2D eigenvalue weighted by atomic mass is 16.6. The fraction of sp³-hybridized carbons (Fsp3) is 0.667. The van der Waals surface area contributed by atoms with Gasteiger partial charge >= 0.3 is 0 Å². The number of rotatable bonds is 5. The van der Waals surface area contributed by atoms with E-state index in [-0.39, 0.29) is 11.4 Å². The highest BCUT2D eigenvalue weighted by Gasteiger charge is 2.38. The van der Waals surface area contributed by atoms with Crippen LogP contribution in [0.25, 0.3) is 0 Å². The number of nitrogens with one attached hydrogen (secondary N) is 1. The van der Waals surface area contributed by atoms with Crippen LogP contribution in [0.2, 0.25) is 0 Å². The molecule has 2 aliphatic heterocycles. The predicted molar refractivity (Wildman–Crippen MR) is 102 cm³/mol. The summed E-state index contributed by atoms with van der Waals surface area (Å²) in [6.07, 6.45) is 6.55. The van der Waals surface area contributed by atoms with Crippen LogP contribution in [-0.4, -0.2) is 56.9 Å². The zero-order valence-corrected chi connectivity index (χ0v) is 16.2. The van der Waals surface area contributed by atoms with Crippen molar-refractivity contribution in [2.24, 2.45) is 0 Å². The molecule has 148 valence electrons. The summed E-state index contributed by atoms with van der Waals surface area (Å²) < 4.78 is 16.8. The number of hydrogen-bond acceptors (Lipinski definition) is 5. The van der Waals surface area contributed by atoms with Crippen LogP contribution in [0.3, 0.4) is 0 Å². The lowest BCUT2D eigenvalue weighted by atomic mass is 9.87. The van der Waals surface area contributed by atoms with Crippen molar-refractivity contribution in [1.29, 1.82) is 0 Å². The van der Waals surface area contributed by atoms with Gasteiger partial charge in [0.1, 0.15) is 13.2 Å². The van der Waals surface area contributed by atoms with Crippen molar-refractivity contribution >= 4 is 5.91 Å². The molecule has 27 heavy (non-hydrogen) atoms. The Labute approximate surface area is 161 Å². The molecule has 6 nitrogen and oxygen atoms in total. The first-order valence-electron chi connectivity index (χ1n) is 10.1. The normalized spacial score (nSPS) is 22.6. The van der Waals surface area contributed by atoms with E-state index in [1.807, 2.05) is 6.07 Å². The van der Waals surface area contributed by atoms with Gasteiger partial charge in [-0.15, -0.1) is 0 Å². The van der Waals surface area contributed by atoms with Crippen molar-refractivity contribution < 1.29 is 19.0 Å². The van der Waals surface area contributed by atoms with Gasteiger partial charge < -0.3 is 19.5 Å². The second-order valence-electron chi connectivity index (χ2n) is 7.91. The van der Waals surface area contributed by atoms with E-state index in [0.717, 1.165) is 68.7 Å². The van der Waals surface area contributed by atoms with E-state index < -0.39 is 0 Å². The molecule has 0 aromatic heterocycles. The standard InChI is InChI=1S/C21H30N2O4/c1-25-17-6-10-23(11-7-17)15-20(24)22-21(8-2-3-9-21)16-4-5-18-19(14-16)27-13-12-26-18/h4-5,14,17H,2-3,6-13,15H2,1H3,(H,22,24). The van der Waals surface area contributed by atoms with Crippen LogP contribution in [-0.2, 0) is 15.1 Å². The Morgan fingerprint density at radius 3 is 2.59 bits per heavy atom. The average Bonchev–Trinajstić information content (AvgIpc) is 3.17. The number of piperidine rings is 1. The molecule has 1 aliphatic carbocycles. The number of benzene rings is 1. The van der Waals surface area contributed by atoms with Crippen molar-refractivity contribution in [1.82, 2.24) is 10.2 Å². The van der Waals surface area contributed by atoms with E-state index in [1.165, 1.54) is 0 Å². The lowest BCUT2D eigenvalue weighted by Crippen LogP contribution is -2.49. The maximum atomic E-state index is 12.8. The van der Waals surface area contributed by atoms with Crippen molar-refractivity contribution in [2.75, 3.05) is 40.0 Å². The van der Waals surface area contributed by atoms with Crippen LogP contribution < -0.4 is 14.8 Å². The minimum absolute atomic E-state index is 0.114. The molecule has 1 N–H and O–H groups in total. The molecular weight excluding hydrogens is 344 g/mol. The Balaban J connectivity index is 1.44. The molecule has 6 heteroatoms. The first-order valence-corrected chi connectivity index (χ1v) is 10.1. The molecule has 2 heterocycles. The monoisotopic (exact) mass is 374 g/mol. The highest BCUT2D eigenvalue weighted by molar-refractivity contribution is 5.79. The Morgan fingerprint density at radius 2 is 1.89 bits per heavy atom. The van der Waals surface area contributed by atoms with Crippen LogP contribution in [0.15, 0.2) is 18.2 Å². The first-order chi connectivity index (χ1) is 13.2. The maximum absolute atomic E-state index is 12.8. The lowest BCUT2D eigenvalue weighted by Gasteiger charge is -2.35. The molecule has 1 saturated carbocycles. The van der Waals surface area contributed by atoms with Crippen molar-refractivity contribution in [2.45, 2.75) is 50.2 Å². The van der Waals surface area contributed by atoms with E-state index in [4.69, 9.17) is 14.2 Å². The second kappa shape index (κ2) is 8.07. The molecule has 1 aromatic rings. The number of hydrogen-bond donors (Lipinski definition) is 1. The SMILES string of the molecule is COC1CCN(CC(=O)NC2(c3ccc4c(c3)OCCO4)CCCC2)CC1. The predicted octanol–water partition coefficient (Wildman–Crippen LogP) is 2.45. The molecule has 1 aromatic carbocycles. The fourth-order valence-corrected chi connectivity index (χ4v) is 4.62. The van der Waals surface area contributed by atoms with Crippen molar-refractivity contribution in [3.63, 3.8) is 0 Å². The Morgan fingerprint density at radius 1 is 1.19 bits per heavy atom. The second-order valence-corrected chi connectivity index (χ2v) is 7.91. The Hall–Kier alpha value is -1.79. The number of fused-ring (bicyclic) bond motifs is 1. The van der Waals surface area contributed by atoms with Gasteiger partial charge in [0, 0.05) is 20.2 Å². The van der Waals surface area contributed by atoms with Crippen LogP contribution in [0.4, 0.5) is 0 Å². The van der Waals surface area contributed by atoms with Gasteiger partial charge in [0.05, 0.1) is 18.2 Å². The molecule has 0 bridgehead atoms. The van der Waals surface area contributed by atoms with Gasteiger partial charge in [0.15, 0.2) is 11.5 Å². The summed E-state index contributed by atoms with van der Waals surface area (Å²) in [7, 11) is 1.77. The third kappa shape index (κ3) is 4.06. The van der Waals surface area contributed by atoms with Crippen LogP contribution in [0.1, 0.15) is 44.1 Å². The van der Waals surface area contributed by atoms with Crippen LogP contribution in [0, 0.1) is 0 Å². The van der Waals surface area contributed by atoms with E-state index in [2.05, 4.69) is 22.3 Å². The Bertz CT molecular complexity index is 664. The van der Waals surface area contributed by atoms with Crippen LogP contribution in [0.5, 0.6) is 11.5 Å². The number of likely N-dealkylation sites (tertiary alicyclic amines) is 1. The van der Waals surface area contributed by atoms with Crippen molar-refractivity contribution in [3.8, 4) is 11.5 Å². The number of ether oxygens (including phenoxy) is 3. The van der Waals surface area contributed by atoms with Gasteiger partial charge in [-0.1, -0.05) is 18.9 Å². The van der Waals surface area contributed by atoms with Crippen molar-refractivity contribution in [3.05, 3.63) is 23.8 Å². The Kier molecular flexibility index (Phi) is 5.55. The minimum Gasteiger partial charge on any atom is -0.486 e. The number of carbonyl (C=O) groups excluding carboxylic acids is 1. The minimum atomic E-state index is -0.280. The van der Waals surface area contributed by atoms with Crippen LogP contribution >= 0.6 is 0 Å². The molecule has 0 spiro atoms. The molecule has 4 rings (SSSR count). The number of carbonyl (C=O) groups is 1. The van der Waals surface area contributed by atoms with E-state index in [1.54, 1.807) is 7.11 Å². The molecule has 0 unspecified atom stereocenters. The maximum Gasteiger partial charge on any atom is 0.234 e. The van der Waals surface area contributed by atoms with Gasteiger partial charge in [0.25, 0.3) is 0 Å². The summed E-state index contributed by atoms with van der Waals surface area (Å²) in [5, 5.41) is 3.38. The van der Waals surface area contributed by atoms with Gasteiger partial charge in [-0.3, -0.25) is 9.69 Å². The summed E-state index contributed by atoms with van der Waals surface area (Å²) in [6, 6.07) is 6.12. The van der Waals surface area contributed by atoms with E-state index >= 15 is 0 Å². The summed E-state index contributed by atoms with van der Waals surface area (Å²) in [4.78, 5) is 15.1. The van der Waals surface area contributed by atoms with Gasteiger partial charge in [-0.05, 0) is 43.4 Å². The quantitative estimate of drug-likeness (QED) is 0.858. The molecule has 0 radical (unpaired) electrons. The molecule has 1 amide bonds.